The number of rotatable bonds is 7. The second-order valence-corrected chi connectivity index (χ2v) is 6.31. The van der Waals surface area contributed by atoms with Crippen molar-refractivity contribution >= 4 is 5.97 Å². The van der Waals surface area contributed by atoms with Gasteiger partial charge in [-0.25, -0.2) is 4.79 Å². The molecule has 1 N–H and O–H groups in total. The number of phenols is 1. The Labute approximate surface area is 159 Å². The second kappa shape index (κ2) is 9.01. The first-order valence-electron chi connectivity index (χ1n) is 8.82. The lowest BCUT2D eigenvalue weighted by Crippen LogP contribution is -2.11. The fourth-order valence-electron chi connectivity index (χ4n) is 2.68. The third kappa shape index (κ3) is 5.43. The third-order valence-electron chi connectivity index (χ3n) is 4.11. The standard InChI is InChI=1S/C23H22O4/c1-17-7-9-19(10-8-17)20-13-21(15-22(24)14-20)23(25)27-12-11-26-16-18-5-3-2-4-6-18/h2-10,13-15,24H,11-12,16H2,1H3. The number of esters is 1. The number of phenolic OH excluding ortho intramolecular Hbond substituents is 1. The van der Waals surface area contributed by atoms with Gasteiger partial charge in [-0.2, -0.15) is 0 Å². The number of carbonyl (C=O) groups excluding carboxylic acids is 1. The molecule has 0 unspecified atom stereocenters. The van der Waals surface area contributed by atoms with E-state index in [1.54, 1.807) is 12.1 Å². The van der Waals surface area contributed by atoms with Crippen LogP contribution in [0, 0.1) is 6.92 Å². The van der Waals surface area contributed by atoms with E-state index in [0.717, 1.165) is 22.3 Å². The van der Waals surface area contributed by atoms with Gasteiger partial charge in [-0.05, 0) is 41.8 Å². The van der Waals surface area contributed by atoms with Gasteiger partial charge in [-0.1, -0.05) is 60.2 Å². The van der Waals surface area contributed by atoms with Crippen LogP contribution in [0.15, 0.2) is 72.8 Å². The molecule has 0 atom stereocenters. The first-order valence-corrected chi connectivity index (χ1v) is 8.82. The molecule has 0 saturated heterocycles. The summed E-state index contributed by atoms with van der Waals surface area (Å²) in [6.07, 6.45) is 0. The van der Waals surface area contributed by atoms with E-state index in [-0.39, 0.29) is 12.4 Å². The van der Waals surface area contributed by atoms with Gasteiger partial charge in [0.25, 0.3) is 0 Å². The monoisotopic (exact) mass is 362 g/mol. The number of ether oxygens (including phenoxy) is 2. The summed E-state index contributed by atoms with van der Waals surface area (Å²) in [5.74, 6) is -0.456. The van der Waals surface area contributed by atoms with Gasteiger partial charge < -0.3 is 14.6 Å². The summed E-state index contributed by atoms with van der Waals surface area (Å²) in [6.45, 7) is 2.95. The molecule has 0 saturated carbocycles. The van der Waals surface area contributed by atoms with Crippen LogP contribution < -0.4 is 0 Å². The minimum atomic E-state index is -0.484. The van der Waals surface area contributed by atoms with E-state index in [1.165, 1.54) is 6.07 Å². The van der Waals surface area contributed by atoms with Crippen molar-refractivity contribution in [3.8, 4) is 16.9 Å². The third-order valence-corrected chi connectivity index (χ3v) is 4.11. The Morgan fingerprint density at radius 1 is 0.889 bits per heavy atom. The average molecular weight is 362 g/mol. The fraction of sp³-hybridized carbons (Fsp3) is 0.174. The van der Waals surface area contributed by atoms with Crippen LogP contribution in [0.4, 0.5) is 0 Å². The van der Waals surface area contributed by atoms with Crippen LogP contribution in [-0.2, 0) is 16.1 Å². The normalized spacial score (nSPS) is 10.6. The van der Waals surface area contributed by atoms with Gasteiger partial charge in [0.05, 0.1) is 18.8 Å². The Bertz CT molecular complexity index is 886. The smallest absolute Gasteiger partial charge is 0.338 e. The molecule has 138 valence electrons. The van der Waals surface area contributed by atoms with Gasteiger partial charge >= 0.3 is 5.97 Å². The summed E-state index contributed by atoms with van der Waals surface area (Å²) >= 11 is 0. The molecular formula is C23H22O4. The van der Waals surface area contributed by atoms with Crippen molar-refractivity contribution in [2.24, 2.45) is 0 Å². The van der Waals surface area contributed by atoms with E-state index < -0.39 is 5.97 Å². The van der Waals surface area contributed by atoms with E-state index >= 15 is 0 Å². The zero-order valence-corrected chi connectivity index (χ0v) is 15.2. The SMILES string of the molecule is Cc1ccc(-c2cc(O)cc(C(=O)OCCOCc3ccccc3)c2)cc1. The summed E-state index contributed by atoms with van der Waals surface area (Å²) in [6, 6.07) is 22.4. The molecule has 0 amide bonds. The molecule has 0 aromatic heterocycles. The molecule has 4 heteroatoms. The quantitative estimate of drug-likeness (QED) is 0.487. The molecule has 4 nitrogen and oxygen atoms in total. The van der Waals surface area contributed by atoms with Gasteiger partial charge in [0.1, 0.15) is 12.4 Å². The minimum Gasteiger partial charge on any atom is -0.508 e. The largest absolute Gasteiger partial charge is 0.508 e. The lowest BCUT2D eigenvalue weighted by atomic mass is 10.0. The van der Waals surface area contributed by atoms with Crippen molar-refractivity contribution in [2.45, 2.75) is 13.5 Å². The molecule has 3 aromatic carbocycles. The number of aromatic hydroxyl groups is 1. The predicted molar refractivity (Wildman–Crippen MR) is 105 cm³/mol. The fourth-order valence-corrected chi connectivity index (χ4v) is 2.68. The van der Waals surface area contributed by atoms with Crippen molar-refractivity contribution in [2.75, 3.05) is 13.2 Å². The van der Waals surface area contributed by atoms with E-state index in [4.69, 9.17) is 9.47 Å². The van der Waals surface area contributed by atoms with Gasteiger partial charge in [0.15, 0.2) is 0 Å². The number of hydrogen-bond donors (Lipinski definition) is 1. The first-order chi connectivity index (χ1) is 13.1. The highest BCUT2D eigenvalue weighted by Gasteiger charge is 2.11. The van der Waals surface area contributed by atoms with Crippen molar-refractivity contribution < 1.29 is 19.4 Å². The van der Waals surface area contributed by atoms with Gasteiger partial charge in [0.2, 0.25) is 0 Å². The molecule has 0 fully saturated rings. The minimum absolute atomic E-state index is 0.0281. The first kappa shape index (κ1) is 18.7. The molecule has 0 aliphatic heterocycles. The summed E-state index contributed by atoms with van der Waals surface area (Å²) in [7, 11) is 0. The average Bonchev–Trinajstić information content (AvgIpc) is 2.68. The predicted octanol–water partition coefficient (Wildman–Crippen LogP) is 4.74. The van der Waals surface area contributed by atoms with Crippen molar-refractivity contribution in [1.82, 2.24) is 0 Å². The topological polar surface area (TPSA) is 55.8 Å². The number of hydrogen-bond acceptors (Lipinski definition) is 4. The maximum Gasteiger partial charge on any atom is 0.338 e. The summed E-state index contributed by atoms with van der Waals surface area (Å²) < 4.78 is 10.8. The van der Waals surface area contributed by atoms with Crippen LogP contribution in [0.5, 0.6) is 5.75 Å². The highest BCUT2D eigenvalue weighted by molar-refractivity contribution is 5.91. The Kier molecular flexibility index (Phi) is 6.23. The van der Waals surface area contributed by atoms with Crippen LogP contribution in [0.25, 0.3) is 11.1 Å². The molecule has 0 aliphatic carbocycles. The van der Waals surface area contributed by atoms with Crippen LogP contribution in [0.3, 0.4) is 0 Å². The van der Waals surface area contributed by atoms with Crippen molar-refractivity contribution in [1.29, 1.82) is 0 Å². The van der Waals surface area contributed by atoms with E-state index in [9.17, 15) is 9.90 Å². The van der Waals surface area contributed by atoms with Crippen molar-refractivity contribution in [3.05, 3.63) is 89.5 Å². The Morgan fingerprint density at radius 3 is 2.37 bits per heavy atom. The van der Waals surface area contributed by atoms with E-state index in [2.05, 4.69) is 0 Å². The molecule has 3 rings (SSSR count). The molecule has 0 radical (unpaired) electrons. The zero-order chi connectivity index (χ0) is 19.1. The Morgan fingerprint density at radius 2 is 1.63 bits per heavy atom. The molecule has 27 heavy (non-hydrogen) atoms. The van der Waals surface area contributed by atoms with Crippen LogP contribution in [0.1, 0.15) is 21.5 Å². The molecule has 0 heterocycles. The lowest BCUT2D eigenvalue weighted by Gasteiger charge is -2.09. The Balaban J connectivity index is 1.55. The number of benzene rings is 3. The van der Waals surface area contributed by atoms with Gasteiger partial charge in [-0.15, -0.1) is 0 Å². The molecule has 3 aromatic rings. The maximum absolute atomic E-state index is 12.3. The van der Waals surface area contributed by atoms with Crippen LogP contribution in [-0.4, -0.2) is 24.3 Å². The lowest BCUT2D eigenvalue weighted by molar-refractivity contribution is 0.0288. The Hall–Kier alpha value is -3.11. The second-order valence-electron chi connectivity index (χ2n) is 6.31. The maximum atomic E-state index is 12.3. The number of aryl methyl sites for hydroxylation is 1. The number of carbonyl (C=O) groups is 1. The van der Waals surface area contributed by atoms with Crippen molar-refractivity contribution in [3.63, 3.8) is 0 Å². The van der Waals surface area contributed by atoms with Gasteiger partial charge in [0, 0.05) is 0 Å². The van der Waals surface area contributed by atoms with E-state index in [0.29, 0.717) is 18.8 Å². The summed E-state index contributed by atoms with van der Waals surface area (Å²) in [5.41, 5.74) is 4.22. The summed E-state index contributed by atoms with van der Waals surface area (Å²) in [4.78, 5) is 12.3. The molecule has 0 aliphatic rings. The molecular weight excluding hydrogens is 340 g/mol. The zero-order valence-electron chi connectivity index (χ0n) is 15.2. The summed E-state index contributed by atoms with van der Waals surface area (Å²) in [5, 5.41) is 9.96. The van der Waals surface area contributed by atoms with E-state index in [1.807, 2.05) is 61.5 Å². The van der Waals surface area contributed by atoms with Crippen LogP contribution >= 0.6 is 0 Å². The highest BCUT2D eigenvalue weighted by Crippen LogP contribution is 2.26. The molecule has 0 spiro atoms. The van der Waals surface area contributed by atoms with Gasteiger partial charge in [-0.3, -0.25) is 0 Å². The van der Waals surface area contributed by atoms with Crippen LogP contribution in [0.2, 0.25) is 0 Å². The molecule has 0 bridgehead atoms. The highest BCUT2D eigenvalue weighted by atomic mass is 16.6.